The number of ether oxygens (including phenoxy) is 6. The summed E-state index contributed by atoms with van der Waals surface area (Å²) >= 11 is 0. The van der Waals surface area contributed by atoms with Gasteiger partial charge in [0.05, 0.1) is 42.1 Å². The van der Waals surface area contributed by atoms with E-state index in [1.807, 2.05) is 0 Å². The Bertz CT molecular complexity index is 1600. The van der Waals surface area contributed by atoms with Crippen LogP contribution in [0.3, 0.4) is 0 Å². The molecule has 0 heterocycles. The van der Waals surface area contributed by atoms with E-state index >= 15 is 0 Å². The van der Waals surface area contributed by atoms with Crippen molar-refractivity contribution >= 4 is 35.8 Å². The van der Waals surface area contributed by atoms with Gasteiger partial charge in [-0.25, -0.2) is 0 Å². The van der Waals surface area contributed by atoms with Gasteiger partial charge in [-0.3, -0.25) is 28.8 Å². The third-order valence-corrected chi connectivity index (χ3v) is 20.5. The van der Waals surface area contributed by atoms with E-state index < -0.39 is 11.8 Å². The average molecular weight is 1240 g/mol. The van der Waals surface area contributed by atoms with Gasteiger partial charge in [-0.15, -0.1) is 0 Å². The first-order valence-corrected chi connectivity index (χ1v) is 37.3. The van der Waals surface area contributed by atoms with Gasteiger partial charge >= 0.3 is 35.8 Å². The van der Waals surface area contributed by atoms with Gasteiger partial charge in [0.25, 0.3) is 0 Å². The van der Waals surface area contributed by atoms with Crippen LogP contribution in [-0.2, 0) is 57.2 Å². The van der Waals surface area contributed by atoms with Crippen LogP contribution in [0.15, 0.2) is 0 Å². The number of rotatable bonds is 50. The highest BCUT2D eigenvalue weighted by Crippen LogP contribution is 2.37. The highest BCUT2D eigenvalue weighted by atomic mass is 16.6. The molecule has 1 N–H and O–H groups in total. The Morgan fingerprint density at radius 2 is 0.568 bits per heavy atom. The van der Waals surface area contributed by atoms with Gasteiger partial charge < -0.3 is 38.4 Å². The summed E-state index contributed by atoms with van der Waals surface area (Å²) in [6.45, 7) is 11.9. The summed E-state index contributed by atoms with van der Waals surface area (Å²) in [5, 5.41) is 9.80. The van der Waals surface area contributed by atoms with E-state index in [1.165, 1.54) is 103 Å². The molecule has 88 heavy (non-hydrogen) atoms. The van der Waals surface area contributed by atoms with Crippen molar-refractivity contribution in [3.63, 3.8) is 0 Å². The van der Waals surface area contributed by atoms with Gasteiger partial charge in [-0.1, -0.05) is 169 Å². The molecule has 4 saturated carbocycles. The molecule has 0 bridgehead atoms. The maximum atomic E-state index is 13.2. The smallest absolute Gasteiger partial charge is 0.308 e. The summed E-state index contributed by atoms with van der Waals surface area (Å²) in [5.41, 5.74) is 0. The molecule has 510 valence electrons. The first-order chi connectivity index (χ1) is 42.9. The van der Waals surface area contributed by atoms with E-state index in [-0.39, 0.29) is 106 Å². The number of hydrogen-bond acceptors (Lipinski definition) is 14. The van der Waals surface area contributed by atoms with Crippen LogP contribution >= 0.6 is 0 Å². The van der Waals surface area contributed by atoms with E-state index in [9.17, 15) is 33.9 Å². The molecule has 0 spiro atoms. The first kappa shape index (κ1) is 77.2. The molecule has 0 aromatic heterocycles. The third kappa shape index (κ3) is 35.0. The zero-order chi connectivity index (χ0) is 63.2. The van der Waals surface area contributed by atoms with Crippen molar-refractivity contribution in [3.8, 4) is 0 Å². The van der Waals surface area contributed by atoms with Crippen molar-refractivity contribution in [1.29, 1.82) is 0 Å². The standard InChI is InChI=1S/C74H131NO13/c1-5-9-19-27-59-33-41-65(42-34-59)71(79)85-55-63(56-86-72(80)66-43-35-60(36-44-66)28-20-10-6-2)53-83-69(77)31-23-15-13-17-25-49-75(51-52-76)50-26-18-14-16-24-32-70(78)84-54-64(57-87-73(81)67-45-37-61(38-46-67)29-21-11-7-3)58-88-74(82)68-47-39-62(40-48-68)30-22-12-8-4/h59-68,76H,5-58H2,1-4H3. The molecule has 0 aromatic rings. The zero-order valence-electron chi connectivity index (χ0n) is 56.8. The lowest BCUT2D eigenvalue weighted by molar-refractivity contribution is -0.161. The Kier molecular flexibility index (Phi) is 43.3. The van der Waals surface area contributed by atoms with E-state index in [2.05, 4.69) is 32.6 Å². The summed E-state index contributed by atoms with van der Waals surface area (Å²) in [4.78, 5) is 81.2. The molecule has 0 amide bonds. The fourth-order valence-electron chi connectivity index (χ4n) is 14.4. The normalized spacial score (nSPS) is 23.0. The molecule has 0 radical (unpaired) electrons. The monoisotopic (exact) mass is 1240 g/mol. The predicted octanol–water partition coefficient (Wildman–Crippen LogP) is 17.0. The number of nitrogens with zero attached hydrogens (tertiary/aromatic N) is 1. The molecule has 4 aliphatic rings. The van der Waals surface area contributed by atoms with Gasteiger partial charge in [0.15, 0.2) is 0 Å². The Labute approximate surface area is 536 Å². The highest BCUT2D eigenvalue weighted by Gasteiger charge is 2.33. The lowest BCUT2D eigenvalue weighted by Gasteiger charge is -2.28. The van der Waals surface area contributed by atoms with Crippen LogP contribution in [0.1, 0.15) is 310 Å². The van der Waals surface area contributed by atoms with E-state index in [0.29, 0.717) is 43.1 Å². The van der Waals surface area contributed by atoms with Crippen molar-refractivity contribution in [2.75, 3.05) is 65.9 Å². The second-order valence-corrected chi connectivity index (χ2v) is 28.1. The van der Waals surface area contributed by atoms with Gasteiger partial charge in [0, 0.05) is 19.4 Å². The molecule has 0 aliphatic heterocycles. The SMILES string of the molecule is CCCCCC1CCC(C(=O)OCC(COC(=O)CCCCCCCN(CCO)CCCCCCCC(=O)OCC(COC(=O)C2CCC(CCCCC)CC2)COC(=O)C2CCC(CCCCC)CC2)COC(=O)C2CCC(CCCCC)CC2)CC1. The van der Waals surface area contributed by atoms with E-state index in [4.69, 9.17) is 28.4 Å². The summed E-state index contributed by atoms with van der Waals surface area (Å²) in [6, 6.07) is 0. The second kappa shape index (κ2) is 49.4. The molecule has 0 aromatic carbocycles. The third-order valence-electron chi connectivity index (χ3n) is 20.5. The molecule has 0 atom stereocenters. The zero-order valence-corrected chi connectivity index (χ0v) is 56.8. The second-order valence-electron chi connectivity index (χ2n) is 28.1. The van der Waals surface area contributed by atoms with Crippen LogP contribution in [0.2, 0.25) is 0 Å². The lowest BCUT2D eigenvalue weighted by atomic mass is 9.80. The van der Waals surface area contributed by atoms with Crippen molar-refractivity contribution in [3.05, 3.63) is 0 Å². The summed E-state index contributed by atoms with van der Waals surface area (Å²) in [7, 11) is 0. The molecule has 4 aliphatic carbocycles. The fraction of sp³-hybridized carbons (Fsp3) is 0.919. The van der Waals surface area contributed by atoms with Gasteiger partial charge in [-0.2, -0.15) is 0 Å². The summed E-state index contributed by atoms with van der Waals surface area (Å²) in [6.07, 6.45) is 45.2. The fourth-order valence-corrected chi connectivity index (χ4v) is 14.4. The molecule has 4 rings (SSSR count). The minimum atomic E-state index is -0.410. The van der Waals surface area contributed by atoms with Crippen molar-refractivity contribution in [1.82, 2.24) is 4.90 Å². The van der Waals surface area contributed by atoms with Crippen molar-refractivity contribution in [2.45, 2.75) is 310 Å². The maximum absolute atomic E-state index is 13.2. The molecule has 14 nitrogen and oxygen atoms in total. The van der Waals surface area contributed by atoms with Crippen LogP contribution in [-0.4, -0.2) is 112 Å². The quantitative estimate of drug-likeness (QED) is 0.0345. The highest BCUT2D eigenvalue weighted by molar-refractivity contribution is 5.74. The number of hydrogen-bond donors (Lipinski definition) is 1. The number of esters is 6. The minimum absolute atomic E-state index is 0.0491. The number of aliphatic hydroxyl groups is 1. The Morgan fingerprint density at radius 3 is 0.830 bits per heavy atom. The lowest BCUT2D eigenvalue weighted by Crippen LogP contribution is -2.31. The number of aliphatic hydroxyl groups excluding tert-OH is 1. The van der Waals surface area contributed by atoms with Crippen LogP contribution in [0.25, 0.3) is 0 Å². The molecule has 4 fully saturated rings. The number of carbonyl (C=O) groups excluding carboxylic acids is 6. The van der Waals surface area contributed by atoms with Gasteiger partial charge in [0.1, 0.15) is 39.6 Å². The van der Waals surface area contributed by atoms with Crippen LogP contribution in [0.5, 0.6) is 0 Å². The summed E-state index contributed by atoms with van der Waals surface area (Å²) < 4.78 is 34.9. The summed E-state index contributed by atoms with van der Waals surface area (Å²) in [5.74, 6) is 0.266. The van der Waals surface area contributed by atoms with Crippen LogP contribution in [0, 0.1) is 59.2 Å². The Morgan fingerprint density at radius 1 is 0.318 bits per heavy atom. The molecule has 0 unspecified atom stereocenters. The van der Waals surface area contributed by atoms with Crippen LogP contribution < -0.4 is 0 Å². The Hall–Kier alpha value is -3.26. The molecular weight excluding hydrogens is 1110 g/mol. The Balaban J connectivity index is 1.08. The van der Waals surface area contributed by atoms with Crippen LogP contribution in [0.4, 0.5) is 0 Å². The van der Waals surface area contributed by atoms with Crippen molar-refractivity contribution in [2.24, 2.45) is 59.2 Å². The number of carbonyl (C=O) groups is 6. The predicted molar refractivity (Wildman–Crippen MR) is 350 cm³/mol. The van der Waals surface area contributed by atoms with Gasteiger partial charge in [0.2, 0.25) is 0 Å². The molecule has 0 saturated heterocycles. The topological polar surface area (TPSA) is 181 Å². The molecular formula is C74H131NO13. The van der Waals surface area contributed by atoms with Gasteiger partial charge in [-0.05, 0) is 165 Å². The van der Waals surface area contributed by atoms with E-state index in [1.54, 1.807) is 0 Å². The van der Waals surface area contributed by atoms with Crippen molar-refractivity contribution < 1.29 is 62.3 Å². The minimum Gasteiger partial charge on any atom is -0.465 e. The number of unbranched alkanes of at least 4 members (excludes halogenated alkanes) is 16. The largest absolute Gasteiger partial charge is 0.465 e. The van der Waals surface area contributed by atoms with E-state index in [0.717, 1.165) is 180 Å². The maximum Gasteiger partial charge on any atom is 0.308 e. The average Bonchev–Trinajstić information content (AvgIpc) is 3.71. The molecule has 14 heteroatoms. The first-order valence-electron chi connectivity index (χ1n) is 37.3.